The molecule has 1 aliphatic rings. The first-order valence-electron chi connectivity index (χ1n) is 6.03. The van der Waals surface area contributed by atoms with E-state index in [2.05, 4.69) is 0 Å². The normalized spacial score (nSPS) is 13.9. The molecule has 0 aliphatic carbocycles. The molecule has 1 heterocycles. The Hall–Kier alpha value is -2.55. The van der Waals surface area contributed by atoms with Crippen LogP contribution < -0.4 is 0 Å². The van der Waals surface area contributed by atoms with Gasteiger partial charge in [-0.2, -0.15) is 0 Å². The van der Waals surface area contributed by atoms with Crippen LogP contribution in [0.15, 0.2) is 66.4 Å². The fourth-order valence-corrected chi connectivity index (χ4v) is 2.11. The summed E-state index contributed by atoms with van der Waals surface area (Å²) < 4.78 is 10.0. The molecule has 0 amide bonds. The second-order valence-electron chi connectivity index (χ2n) is 4.17. The lowest BCUT2D eigenvalue weighted by Crippen LogP contribution is -1.96. The third kappa shape index (κ3) is 2.36. The van der Waals surface area contributed by atoms with Crippen molar-refractivity contribution in [2.24, 2.45) is 0 Å². The Kier molecular flexibility index (Phi) is 3.02. The van der Waals surface area contributed by atoms with Gasteiger partial charge in [0.2, 0.25) is 0 Å². The summed E-state index contributed by atoms with van der Waals surface area (Å²) in [6.07, 6.45) is -0.639. The van der Waals surface area contributed by atoms with Crippen LogP contribution in [-0.4, -0.2) is 12.8 Å². The van der Waals surface area contributed by atoms with Crippen molar-refractivity contribution >= 4 is 11.7 Å². The third-order valence-corrected chi connectivity index (χ3v) is 2.93. The number of benzene rings is 2. The highest BCUT2D eigenvalue weighted by atomic mass is 16.8. The number of ether oxygens (including phenoxy) is 2. The summed E-state index contributed by atoms with van der Waals surface area (Å²) in [5.41, 5.74) is 2.90. The van der Waals surface area contributed by atoms with Gasteiger partial charge in [0.1, 0.15) is 0 Å². The molecule has 3 heteroatoms. The van der Waals surface area contributed by atoms with Crippen LogP contribution >= 0.6 is 0 Å². The Morgan fingerprint density at radius 2 is 1.37 bits per heavy atom. The van der Waals surface area contributed by atoms with Gasteiger partial charge in [0, 0.05) is 5.57 Å². The smallest absolute Gasteiger partial charge is 0.426 e. The first-order valence-corrected chi connectivity index (χ1v) is 6.03. The molecule has 0 aromatic heterocycles. The molecule has 0 N–H and O–H groups in total. The molecular formula is C16H12O3. The predicted molar refractivity (Wildman–Crippen MR) is 71.3 cm³/mol. The molecule has 0 saturated carbocycles. The van der Waals surface area contributed by atoms with E-state index < -0.39 is 6.16 Å². The molecule has 0 atom stereocenters. The molecular weight excluding hydrogens is 240 g/mol. The molecule has 3 rings (SSSR count). The van der Waals surface area contributed by atoms with Crippen molar-refractivity contribution < 1.29 is 14.3 Å². The SMILES string of the molecule is O=C1OCC(=C(c2ccccc2)c2ccccc2)O1. The molecule has 0 unspecified atom stereocenters. The van der Waals surface area contributed by atoms with Gasteiger partial charge in [-0.3, -0.25) is 0 Å². The zero-order valence-electron chi connectivity index (χ0n) is 10.2. The molecule has 1 aliphatic heterocycles. The summed E-state index contributed by atoms with van der Waals surface area (Å²) in [7, 11) is 0. The van der Waals surface area contributed by atoms with Crippen molar-refractivity contribution in [2.45, 2.75) is 0 Å². The quantitative estimate of drug-likeness (QED) is 0.766. The highest BCUT2D eigenvalue weighted by molar-refractivity contribution is 5.83. The Balaban J connectivity index is 2.15. The lowest BCUT2D eigenvalue weighted by molar-refractivity contribution is 0.136. The number of rotatable bonds is 2. The van der Waals surface area contributed by atoms with E-state index in [9.17, 15) is 4.79 Å². The minimum atomic E-state index is -0.639. The highest BCUT2D eigenvalue weighted by Crippen LogP contribution is 2.29. The largest absolute Gasteiger partial charge is 0.514 e. The van der Waals surface area contributed by atoms with E-state index in [1.807, 2.05) is 60.7 Å². The number of carbonyl (C=O) groups excluding carboxylic acids is 1. The summed E-state index contributed by atoms with van der Waals surface area (Å²) in [5, 5.41) is 0. The Bertz CT molecular complexity index is 573. The average Bonchev–Trinajstić information content (AvgIpc) is 2.88. The molecule has 94 valence electrons. The monoisotopic (exact) mass is 252 g/mol. The van der Waals surface area contributed by atoms with Gasteiger partial charge in [-0.25, -0.2) is 4.79 Å². The fourth-order valence-electron chi connectivity index (χ4n) is 2.11. The van der Waals surface area contributed by atoms with E-state index in [1.54, 1.807) is 0 Å². The van der Waals surface area contributed by atoms with Crippen molar-refractivity contribution in [1.82, 2.24) is 0 Å². The van der Waals surface area contributed by atoms with Crippen LogP contribution in [0, 0.1) is 0 Å². The maximum Gasteiger partial charge on any atom is 0.514 e. The summed E-state index contributed by atoms with van der Waals surface area (Å²) >= 11 is 0. The lowest BCUT2D eigenvalue weighted by atomic mass is 9.97. The number of cyclic esters (lactones) is 2. The highest BCUT2D eigenvalue weighted by Gasteiger charge is 2.24. The number of hydrogen-bond acceptors (Lipinski definition) is 3. The topological polar surface area (TPSA) is 35.5 Å². The second kappa shape index (κ2) is 4.98. The van der Waals surface area contributed by atoms with Crippen LogP contribution in [0.25, 0.3) is 5.57 Å². The maximum absolute atomic E-state index is 11.1. The molecule has 0 bridgehead atoms. The lowest BCUT2D eigenvalue weighted by Gasteiger charge is -2.09. The number of carbonyl (C=O) groups is 1. The van der Waals surface area contributed by atoms with Crippen LogP contribution in [0.5, 0.6) is 0 Å². The first-order chi connectivity index (χ1) is 9.34. The van der Waals surface area contributed by atoms with Gasteiger partial charge in [0.15, 0.2) is 12.4 Å². The van der Waals surface area contributed by atoms with Gasteiger partial charge >= 0.3 is 6.16 Å². The Labute approximate surface area is 111 Å². The van der Waals surface area contributed by atoms with E-state index in [4.69, 9.17) is 9.47 Å². The van der Waals surface area contributed by atoms with Gasteiger partial charge in [-0.1, -0.05) is 60.7 Å². The summed E-state index contributed by atoms with van der Waals surface area (Å²) in [5.74, 6) is 0.558. The van der Waals surface area contributed by atoms with E-state index in [0.29, 0.717) is 5.76 Å². The van der Waals surface area contributed by atoms with E-state index in [1.165, 1.54) is 0 Å². The molecule has 3 nitrogen and oxygen atoms in total. The van der Waals surface area contributed by atoms with Crippen molar-refractivity contribution in [3.63, 3.8) is 0 Å². The van der Waals surface area contributed by atoms with Crippen molar-refractivity contribution in [1.29, 1.82) is 0 Å². The van der Waals surface area contributed by atoms with Crippen LogP contribution in [-0.2, 0) is 9.47 Å². The number of hydrogen-bond donors (Lipinski definition) is 0. The molecule has 19 heavy (non-hydrogen) atoms. The Morgan fingerprint density at radius 3 is 1.79 bits per heavy atom. The van der Waals surface area contributed by atoms with Crippen LogP contribution in [0.3, 0.4) is 0 Å². The minimum absolute atomic E-state index is 0.179. The standard InChI is InChI=1S/C16H12O3/c17-16-18-11-14(19-16)15(12-7-3-1-4-8-12)13-9-5-2-6-10-13/h1-10H,11H2. The van der Waals surface area contributed by atoms with Gasteiger partial charge in [-0.15, -0.1) is 0 Å². The van der Waals surface area contributed by atoms with Gasteiger partial charge in [-0.05, 0) is 11.1 Å². The minimum Gasteiger partial charge on any atom is -0.426 e. The van der Waals surface area contributed by atoms with Gasteiger partial charge in [0.25, 0.3) is 0 Å². The van der Waals surface area contributed by atoms with Crippen LogP contribution in [0.1, 0.15) is 11.1 Å². The molecule has 2 aromatic rings. The summed E-state index contributed by atoms with van der Waals surface area (Å²) in [6.45, 7) is 0.179. The molecule has 1 fully saturated rings. The maximum atomic E-state index is 11.1. The Morgan fingerprint density at radius 1 is 0.842 bits per heavy atom. The zero-order chi connectivity index (χ0) is 13.1. The molecule has 1 saturated heterocycles. The first kappa shape index (κ1) is 11.5. The van der Waals surface area contributed by atoms with E-state index in [-0.39, 0.29) is 6.61 Å². The summed E-state index contributed by atoms with van der Waals surface area (Å²) in [6, 6.07) is 19.7. The zero-order valence-corrected chi connectivity index (χ0v) is 10.2. The van der Waals surface area contributed by atoms with Crippen LogP contribution in [0.2, 0.25) is 0 Å². The van der Waals surface area contributed by atoms with E-state index in [0.717, 1.165) is 16.7 Å². The third-order valence-electron chi connectivity index (χ3n) is 2.93. The van der Waals surface area contributed by atoms with Crippen LogP contribution in [0.4, 0.5) is 4.79 Å². The van der Waals surface area contributed by atoms with Crippen molar-refractivity contribution in [2.75, 3.05) is 6.61 Å². The van der Waals surface area contributed by atoms with Gasteiger partial charge in [0.05, 0.1) is 0 Å². The summed E-state index contributed by atoms with van der Waals surface area (Å²) in [4.78, 5) is 11.1. The predicted octanol–water partition coefficient (Wildman–Crippen LogP) is 3.61. The van der Waals surface area contributed by atoms with Crippen molar-refractivity contribution in [3.05, 3.63) is 77.5 Å². The molecule has 0 radical (unpaired) electrons. The van der Waals surface area contributed by atoms with E-state index >= 15 is 0 Å². The van der Waals surface area contributed by atoms with Gasteiger partial charge < -0.3 is 9.47 Å². The molecule has 0 spiro atoms. The fraction of sp³-hybridized carbons (Fsp3) is 0.0625. The molecule has 2 aromatic carbocycles. The second-order valence-corrected chi connectivity index (χ2v) is 4.17. The average molecular weight is 252 g/mol. The van der Waals surface area contributed by atoms with Crippen molar-refractivity contribution in [3.8, 4) is 0 Å².